The van der Waals surface area contributed by atoms with Crippen molar-refractivity contribution in [3.8, 4) is 11.5 Å². The number of thiophene rings is 1. The van der Waals surface area contributed by atoms with E-state index >= 15 is 0 Å². The number of carbonyl (C=O) groups is 1. The maximum absolute atomic E-state index is 10.8. The van der Waals surface area contributed by atoms with Crippen LogP contribution in [0.1, 0.15) is 9.67 Å². The number of carboxylic acid groups (broad SMARTS) is 1. The van der Waals surface area contributed by atoms with Gasteiger partial charge in [0, 0.05) is 29.1 Å². The Kier molecular flexibility index (Phi) is 2.89. The van der Waals surface area contributed by atoms with Crippen LogP contribution in [0.2, 0.25) is 0 Å². The second-order valence-electron chi connectivity index (χ2n) is 3.91. The standard InChI is InChI=1S/C14H9NO3S/c16-14(17)13-7-11(8-19-13)18-10-4-3-9-2-1-5-15-12(9)6-10/h1-8H,(H,16,17). The average molecular weight is 271 g/mol. The van der Waals surface area contributed by atoms with Crippen LogP contribution >= 0.6 is 11.3 Å². The predicted molar refractivity (Wildman–Crippen MR) is 73.1 cm³/mol. The number of nitrogens with zero attached hydrogens (tertiary/aromatic N) is 1. The van der Waals surface area contributed by atoms with Crippen LogP contribution in [0.4, 0.5) is 0 Å². The van der Waals surface area contributed by atoms with Crippen molar-refractivity contribution in [2.24, 2.45) is 0 Å². The molecule has 0 aliphatic heterocycles. The monoisotopic (exact) mass is 271 g/mol. The van der Waals surface area contributed by atoms with E-state index in [1.54, 1.807) is 11.6 Å². The topological polar surface area (TPSA) is 59.4 Å². The minimum atomic E-state index is -0.944. The number of ether oxygens (including phenoxy) is 1. The summed E-state index contributed by atoms with van der Waals surface area (Å²) in [7, 11) is 0. The van der Waals surface area contributed by atoms with Gasteiger partial charge in [-0.3, -0.25) is 4.98 Å². The van der Waals surface area contributed by atoms with Crippen LogP contribution in [0, 0.1) is 0 Å². The molecule has 1 N–H and O–H groups in total. The Morgan fingerprint density at radius 3 is 2.89 bits per heavy atom. The summed E-state index contributed by atoms with van der Waals surface area (Å²) in [6.45, 7) is 0. The molecule has 1 aromatic carbocycles. The van der Waals surface area contributed by atoms with E-state index in [0.717, 1.165) is 22.2 Å². The lowest BCUT2D eigenvalue weighted by Gasteiger charge is -2.04. The Hall–Kier alpha value is -2.40. The molecule has 2 aromatic heterocycles. The fourth-order valence-electron chi connectivity index (χ4n) is 1.73. The van der Waals surface area contributed by atoms with Gasteiger partial charge in [-0.25, -0.2) is 4.79 Å². The van der Waals surface area contributed by atoms with Gasteiger partial charge in [-0.15, -0.1) is 11.3 Å². The summed E-state index contributed by atoms with van der Waals surface area (Å²) in [6, 6.07) is 10.9. The summed E-state index contributed by atoms with van der Waals surface area (Å²) in [4.78, 5) is 15.3. The largest absolute Gasteiger partial charge is 0.477 e. The molecule has 19 heavy (non-hydrogen) atoms. The van der Waals surface area contributed by atoms with Gasteiger partial charge in [0.1, 0.15) is 16.4 Å². The van der Waals surface area contributed by atoms with Gasteiger partial charge in [-0.2, -0.15) is 0 Å². The summed E-state index contributed by atoms with van der Waals surface area (Å²) in [5, 5.41) is 11.6. The van der Waals surface area contributed by atoms with Crippen LogP contribution in [-0.4, -0.2) is 16.1 Å². The van der Waals surface area contributed by atoms with Gasteiger partial charge in [-0.05, 0) is 18.2 Å². The maximum atomic E-state index is 10.8. The highest BCUT2D eigenvalue weighted by atomic mass is 32.1. The second kappa shape index (κ2) is 4.70. The number of benzene rings is 1. The van der Waals surface area contributed by atoms with Gasteiger partial charge in [0.25, 0.3) is 0 Å². The highest BCUT2D eigenvalue weighted by Crippen LogP contribution is 2.28. The molecule has 0 spiro atoms. The van der Waals surface area contributed by atoms with Gasteiger partial charge >= 0.3 is 5.97 Å². The molecule has 3 rings (SSSR count). The lowest BCUT2D eigenvalue weighted by molar-refractivity contribution is 0.0702. The normalized spacial score (nSPS) is 10.5. The number of pyridine rings is 1. The lowest BCUT2D eigenvalue weighted by atomic mass is 10.2. The highest BCUT2D eigenvalue weighted by molar-refractivity contribution is 7.12. The summed E-state index contributed by atoms with van der Waals surface area (Å²) >= 11 is 1.14. The van der Waals surface area contributed by atoms with Gasteiger partial charge < -0.3 is 9.84 Å². The van der Waals surface area contributed by atoms with E-state index in [1.165, 1.54) is 6.07 Å². The zero-order chi connectivity index (χ0) is 13.2. The molecule has 0 unspecified atom stereocenters. The molecular formula is C14H9NO3S. The maximum Gasteiger partial charge on any atom is 0.346 e. The molecule has 4 nitrogen and oxygen atoms in total. The smallest absolute Gasteiger partial charge is 0.346 e. The first kappa shape index (κ1) is 11.7. The summed E-state index contributed by atoms with van der Waals surface area (Å²) in [5.74, 6) is 0.221. The van der Waals surface area contributed by atoms with E-state index in [1.807, 2.05) is 30.3 Å². The third kappa shape index (κ3) is 2.41. The molecule has 0 saturated carbocycles. The Balaban J connectivity index is 1.89. The van der Waals surface area contributed by atoms with Crippen LogP contribution in [0.15, 0.2) is 48.0 Å². The molecule has 0 fully saturated rings. The number of fused-ring (bicyclic) bond motifs is 1. The molecule has 0 saturated heterocycles. The second-order valence-corrected chi connectivity index (χ2v) is 4.82. The lowest BCUT2D eigenvalue weighted by Crippen LogP contribution is -1.90. The third-order valence-corrected chi connectivity index (χ3v) is 3.50. The Morgan fingerprint density at radius 2 is 2.11 bits per heavy atom. The molecule has 94 valence electrons. The quantitative estimate of drug-likeness (QED) is 0.787. The predicted octanol–water partition coefficient (Wildman–Crippen LogP) is 3.79. The molecule has 0 radical (unpaired) electrons. The Labute approximate surface area is 112 Å². The number of hydrogen-bond donors (Lipinski definition) is 1. The van der Waals surface area contributed by atoms with Crippen molar-refractivity contribution in [1.82, 2.24) is 4.98 Å². The van der Waals surface area contributed by atoms with Crippen molar-refractivity contribution in [1.29, 1.82) is 0 Å². The minimum Gasteiger partial charge on any atom is -0.477 e. The van der Waals surface area contributed by atoms with Gasteiger partial charge in [-0.1, -0.05) is 6.07 Å². The molecule has 0 bridgehead atoms. The van der Waals surface area contributed by atoms with Crippen LogP contribution in [-0.2, 0) is 0 Å². The molecule has 0 amide bonds. The Bertz CT molecular complexity index is 751. The van der Waals surface area contributed by atoms with Gasteiger partial charge in [0.2, 0.25) is 0 Å². The van der Waals surface area contributed by atoms with Crippen molar-refractivity contribution in [3.05, 3.63) is 52.9 Å². The zero-order valence-electron chi connectivity index (χ0n) is 9.74. The van der Waals surface area contributed by atoms with E-state index in [9.17, 15) is 4.79 Å². The molecule has 3 aromatic rings. The van der Waals surface area contributed by atoms with Crippen molar-refractivity contribution >= 4 is 28.2 Å². The number of aromatic nitrogens is 1. The average Bonchev–Trinajstić information content (AvgIpc) is 2.87. The highest BCUT2D eigenvalue weighted by Gasteiger charge is 2.08. The third-order valence-electron chi connectivity index (χ3n) is 2.60. The minimum absolute atomic E-state index is 0.258. The van der Waals surface area contributed by atoms with Gasteiger partial charge in [0.15, 0.2) is 0 Å². The fraction of sp³-hybridized carbons (Fsp3) is 0. The molecular weight excluding hydrogens is 262 g/mol. The molecule has 2 heterocycles. The van der Waals surface area contributed by atoms with E-state index in [2.05, 4.69) is 4.98 Å². The van der Waals surface area contributed by atoms with Crippen LogP contribution in [0.25, 0.3) is 10.9 Å². The van der Waals surface area contributed by atoms with Crippen molar-refractivity contribution in [2.45, 2.75) is 0 Å². The first-order valence-corrected chi connectivity index (χ1v) is 6.45. The number of aromatic carboxylic acids is 1. The van der Waals surface area contributed by atoms with Crippen molar-refractivity contribution in [2.75, 3.05) is 0 Å². The fourth-order valence-corrected chi connectivity index (χ4v) is 2.37. The number of rotatable bonds is 3. The van der Waals surface area contributed by atoms with Crippen LogP contribution in [0.5, 0.6) is 11.5 Å². The van der Waals surface area contributed by atoms with E-state index < -0.39 is 5.97 Å². The molecule has 0 aliphatic rings. The molecule has 5 heteroatoms. The molecule has 0 atom stereocenters. The summed E-state index contributed by atoms with van der Waals surface area (Å²) < 4.78 is 5.62. The number of hydrogen-bond acceptors (Lipinski definition) is 4. The zero-order valence-corrected chi connectivity index (χ0v) is 10.6. The van der Waals surface area contributed by atoms with Crippen LogP contribution in [0.3, 0.4) is 0 Å². The SMILES string of the molecule is O=C(O)c1cc(Oc2ccc3cccnc3c2)cs1. The van der Waals surface area contributed by atoms with E-state index in [-0.39, 0.29) is 4.88 Å². The summed E-state index contributed by atoms with van der Waals surface area (Å²) in [5.41, 5.74) is 0.841. The van der Waals surface area contributed by atoms with Gasteiger partial charge in [0.05, 0.1) is 5.52 Å². The first-order valence-electron chi connectivity index (χ1n) is 5.57. The van der Waals surface area contributed by atoms with Crippen molar-refractivity contribution in [3.63, 3.8) is 0 Å². The Morgan fingerprint density at radius 1 is 1.21 bits per heavy atom. The van der Waals surface area contributed by atoms with E-state index in [4.69, 9.17) is 9.84 Å². The first-order chi connectivity index (χ1) is 9.22. The summed E-state index contributed by atoms with van der Waals surface area (Å²) in [6.07, 6.45) is 1.72. The van der Waals surface area contributed by atoms with E-state index in [0.29, 0.717) is 11.5 Å². The van der Waals surface area contributed by atoms with Crippen molar-refractivity contribution < 1.29 is 14.6 Å². The van der Waals surface area contributed by atoms with Crippen LogP contribution < -0.4 is 4.74 Å². The number of carboxylic acids is 1. The molecule has 0 aliphatic carbocycles.